The van der Waals surface area contributed by atoms with Crippen molar-refractivity contribution in [3.8, 4) is 5.75 Å². The Labute approximate surface area is 90.8 Å². The molecule has 0 fully saturated rings. The van der Waals surface area contributed by atoms with Crippen molar-refractivity contribution in [2.75, 3.05) is 6.54 Å². The van der Waals surface area contributed by atoms with Gasteiger partial charge in [-0.3, -0.25) is 0 Å². The van der Waals surface area contributed by atoms with E-state index < -0.39 is 6.10 Å². The molecule has 0 heterocycles. The molecule has 1 unspecified atom stereocenters. The molecule has 0 bridgehead atoms. The van der Waals surface area contributed by atoms with Crippen molar-refractivity contribution >= 4 is 0 Å². The molecule has 84 valence electrons. The highest BCUT2D eigenvalue weighted by atomic mass is 16.3. The summed E-state index contributed by atoms with van der Waals surface area (Å²) in [5.41, 5.74) is 0.528. The SMILES string of the molecule is CC(C)(C)NCC(O)c1ccccc1O. The highest BCUT2D eigenvalue weighted by Gasteiger charge is 2.15. The molecule has 0 saturated carbocycles. The second-order valence-corrected chi connectivity index (χ2v) is 4.71. The lowest BCUT2D eigenvalue weighted by Crippen LogP contribution is -2.38. The maximum Gasteiger partial charge on any atom is 0.121 e. The maximum absolute atomic E-state index is 9.84. The summed E-state index contributed by atoms with van der Waals surface area (Å²) in [5, 5.41) is 22.6. The third kappa shape index (κ3) is 3.90. The number of rotatable bonds is 3. The molecule has 1 atom stereocenters. The number of aliphatic hydroxyl groups is 1. The van der Waals surface area contributed by atoms with Crippen LogP contribution in [0, 0.1) is 0 Å². The largest absolute Gasteiger partial charge is 0.508 e. The molecule has 1 aromatic rings. The van der Waals surface area contributed by atoms with E-state index in [1.54, 1.807) is 24.3 Å². The number of β-amino-alcohol motifs (C(OH)–C–C–N with tert-alkyl or cyclic N) is 1. The Morgan fingerprint density at radius 2 is 1.87 bits per heavy atom. The average Bonchev–Trinajstić information content (AvgIpc) is 2.14. The zero-order valence-electron chi connectivity index (χ0n) is 9.49. The fourth-order valence-electron chi connectivity index (χ4n) is 1.28. The van der Waals surface area contributed by atoms with Gasteiger partial charge < -0.3 is 15.5 Å². The van der Waals surface area contributed by atoms with Gasteiger partial charge in [0.25, 0.3) is 0 Å². The Balaban J connectivity index is 2.62. The molecular weight excluding hydrogens is 190 g/mol. The normalized spacial score (nSPS) is 13.9. The van der Waals surface area contributed by atoms with Gasteiger partial charge in [-0.25, -0.2) is 0 Å². The van der Waals surface area contributed by atoms with Crippen LogP contribution in [-0.4, -0.2) is 22.3 Å². The number of phenols is 1. The van der Waals surface area contributed by atoms with Gasteiger partial charge in [-0.15, -0.1) is 0 Å². The van der Waals surface area contributed by atoms with E-state index in [2.05, 4.69) is 5.32 Å². The fraction of sp³-hybridized carbons (Fsp3) is 0.500. The second kappa shape index (κ2) is 4.64. The molecule has 3 N–H and O–H groups in total. The number of aliphatic hydroxyl groups excluding tert-OH is 1. The first-order valence-corrected chi connectivity index (χ1v) is 5.11. The minimum atomic E-state index is -0.676. The van der Waals surface area contributed by atoms with Gasteiger partial charge in [-0.05, 0) is 26.8 Å². The van der Waals surface area contributed by atoms with Crippen molar-refractivity contribution in [1.82, 2.24) is 5.32 Å². The molecule has 0 radical (unpaired) electrons. The highest BCUT2D eigenvalue weighted by Crippen LogP contribution is 2.23. The second-order valence-electron chi connectivity index (χ2n) is 4.71. The van der Waals surface area contributed by atoms with E-state index in [0.29, 0.717) is 12.1 Å². The lowest BCUT2D eigenvalue weighted by molar-refractivity contribution is 0.160. The van der Waals surface area contributed by atoms with E-state index in [0.717, 1.165) is 0 Å². The summed E-state index contributed by atoms with van der Waals surface area (Å²) in [6.45, 7) is 6.53. The van der Waals surface area contributed by atoms with Crippen LogP contribution < -0.4 is 5.32 Å². The smallest absolute Gasteiger partial charge is 0.121 e. The molecule has 3 nitrogen and oxygen atoms in total. The summed E-state index contributed by atoms with van der Waals surface area (Å²) in [5.74, 6) is 0.140. The Morgan fingerprint density at radius 3 is 2.40 bits per heavy atom. The summed E-state index contributed by atoms with van der Waals surface area (Å²) in [7, 11) is 0. The van der Waals surface area contributed by atoms with Crippen molar-refractivity contribution in [2.24, 2.45) is 0 Å². The Hall–Kier alpha value is -1.06. The van der Waals surface area contributed by atoms with Crippen LogP contribution in [0.15, 0.2) is 24.3 Å². The van der Waals surface area contributed by atoms with Gasteiger partial charge in [0.05, 0.1) is 6.10 Å². The van der Waals surface area contributed by atoms with E-state index in [1.165, 1.54) is 0 Å². The van der Waals surface area contributed by atoms with Gasteiger partial charge in [0.2, 0.25) is 0 Å². The van der Waals surface area contributed by atoms with Crippen LogP contribution in [-0.2, 0) is 0 Å². The van der Waals surface area contributed by atoms with Crippen molar-refractivity contribution in [3.05, 3.63) is 29.8 Å². The topological polar surface area (TPSA) is 52.5 Å². The molecule has 0 aromatic heterocycles. The van der Waals surface area contributed by atoms with Gasteiger partial charge in [0.1, 0.15) is 5.75 Å². The van der Waals surface area contributed by atoms with Gasteiger partial charge in [0, 0.05) is 17.6 Å². The first kappa shape index (κ1) is 12.0. The predicted molar refractivity (Wildman–Crippen MR) is 60.8 cm³/mol. The maximum atomic E-state index is 9.84. The van der Waals surface area contributed by atoms with Crippen molar-refractivity contribution in [2.45, 2.75) is 32.4 Å². The average molecular weight is 209 g/mol. The molecule has 1 aromatic carbocycles. The third-order valence-electron chi connectivity index (χ3n) is 2.12. The van der Waals surface area contributed by atoms with Crippen LogP contribution in [0.3, 0.4) is 0 Å². The summed E-state index contributed by atoms with van der Waals surface area (Å²) in [4.78, 5) is 0. The zero-order chi connectivity index (χ0) is 11.5. The Morgan fingerprint density at radius 1 is 1.27 bits per heavy atom. The number of phenolic OH excluding ortho intramolecular Hbond substituents is 1. The predicted octanol–water partition coefficient (Wildman–Crippen LogP) is 1.81. The molecular formula is C12H19NO2. The molecule has 0 saturated heterocycles. The molecule has 0 aliphatic rings. The minimum Gasteiger partial charge on any atom is -0.508 e. The lowest BCUT2D eigenvalue weighted by Gasteiger charge is -2.23. The summed E-state index contributed by atoms with van der Waals surface area (Å²) in [6, 6.07) is 6.85. The van der Waals surface area contributed by atoms with Crippen LogP contribution in [0.4, 0.5) is 0 Å². The molecule has 0 aliphatic carbocycles. The third-order valence-corrected chi connectivity index (χ3v) is 2.12. The van der Waals surface area contributed by atoms with E-state index >= 15 is 0 Å². The monoisotopic (exact) mass is 209 g/mol. The van der Waals surface area contributed by atoms with Crippen molar-refractivity contribution in [1.29, 1.82) is 0 Å². The Kier molecular flexibility index (Phi) is 3.72. The van der Waals surface area contributed by atoms with Crippen LogP contribution in [0.5, 0.6) is 5.75 Å². The minimum absolute atomic E-state index is 0.0363. The number of nitrogens with one attached hydrogen (secondary N) is 1. The first-order valence-electron chi connectivity index (χ1n) is 5.11. The van der Waals surface area contributed by atoms with E-state index in [4.69, 9.17) is 0 Å². The van der Waals surface area contributed by atoms with Crippen LogP contribution in [0.1, 0.15) is 32.4 Å². The summed E-state index contributed by atoms with van der Waals surface area (Å²) < 4.78 is 0. The highest BCUT2D eigenvalue weighted by molar-refractivity contribution is 5.33. The van der Waals surface area contributed by atoms with Crippen LogP contribution in [0.25, 0.3) is 0 Å². The van der Waals surface area contributed by atoms with Crippen molar-refractivity contribution < 1.29 is 10.2 Å². The molecule has 1 rings (SSSR count). The molecule has 0 spiro atoms. The van der Waals surface area contributed by atoms with Gasteiger partial charge >= 0.3 is 0 Å². The zero-order valence-corrected chi connectivity index (χ0v) is 9.49. The molecule has 15 heavy (non-hydrogen) atoms. The number of hydrogen-bond acceptors (Lipinski definition) is 3. The van der Waals surface area contributed by atoms with Crippen LogP contribution >= 0.6 is 0 Å². The fourth-order valence-corrected chi connectivity index (χ4v) is 1.28. The quantitative estimate of drug-likeness (QED) is 0.711. The Bertz CT molecular complexity index is 318. The standard InChI is InChI=1S/C12H19NO2/c1-12(2,3)13-8-11(15)9-6-4-5-7-10(9)14/h4-7,11,13-15H,8H2,1-3H3. The van der Waals surface area contributed by atoms with Gasteiger partial charge in [-0.1, -0.05) is 18.2 Å². The summed E-state index contributed by atoms with van der Waals surface area (Å²) >= 11 is 0. The van der Waals surface area contributed by atoms with Gasteiger partial charge in [0.15, 0.2) is 0 Å². The van der Waals surface area contributed by atoms with E-state index in [1.807, 2.05) is 20.8 Å². The first-order chi connectivity index (χ1) is 6.90. The van der Waals surface area contributed by atoms with Crippen molar-refractivity contribution in [3.63, 3.8) is 0 Å². The molecule has 0 aliphatic heterocycles. The number of benzene rings is 1. The van der Waals surface area contributed by atoms with Gasteiger partial charge in [-0.2, -0.15) is 0 Å². The lowest BCUT2D eigenvalue weighted by atomic mass is 10.1. The summed E-state index contributed by atoms with van der Waals surface area (Å²) in [6.07, 6.45) is -0.676. The van der Waals surface area contributed by atoms with E-state index in [9.17, 15) is 10.2 Å². The van der Waals surface area contributed by atoms with Crippen LogP contribution in [0.2, 0.25) is 0 Å². The number of hydrogen-bond donors (Lipinski definition) is 3. The molecule has 0 amide bonds. The number of aromatic hydroxyl groups is 1. The van der Waals surface area contributed by atoms with E-state index in [-0.39, 0.29) is 11.3 Å². The number of para-hydroxylation sites is 1. The molecule has 3 heteroatoms.